The number of nitrogens with one attached hydrogen (secondary N) is 1. The topological polar surface area (TPSA) is 90.6 Å². The maximum atomic E-state index is 12.7. The van der Waals surface area contributed by atoms with Gasteiger partial charge < -0.3 is 26.1 Å². The lowest BCUT2D eigenvalue weighted by Gasteiger charge is -2.28. The maximum absolute atomic E-state index is 12.7. The molecule has 6 nitrogen and oxygen atoms in total. The highest BCUT2D eigenvalue weighted by molar-refractivity contribution is 5.84. The zero-order chi connectivity index (χ0) is 18.7. The molecule has 0 spiro atoms. The van der Waals surface area contributed by atoms with Crippen LogP contribution in [0.5, 0.6) is 5.75 Å². The van der Waals surface area contributed by atoms with Gasteiger partial charge in [-0.05, 0) is 43.9 Å². The molecule has 4 rings (SSSR count). The molecule has 1 atom stereocenters. The van der Waals surface area contributed by atoms with Crippen molar-refractivity contribution in [2.24, 2.45) is 10.7 Å². The second kappa shape index (κ2) is 5.41. The van der Waals surface area contributed by atoms with E-state index in [9.17, 15) is 13.2 Å². The first-order valence-electron chi connectivity index (χ1n) is 8.19. The Hall–Kier alpha value is -2.68. The number of nitrogens with two attached hydrogens (primary N) is 2. The third-order valence-corrected chi connectivity index (χ3v) is 4.72. The van der Waals surface area contributed by atoms with Gasteiger partial charge in [0, 0.05) is 17.4 Å². The van der Waals surface area contributed by atoms with E-state index < -0.39 is 17.8 Å². The molecular formula is C17H18F3N5O. The molecule has 9 heteroatoms. The van der Waals surface area contributed by atoms with Gasteiger partial charge in [-0.1, -0.05) is 0 Å². The molecule has 2 aliphatic rings. The van der Waals surface area contributed by atoms with Gasteiger partial charge in [0.05, 0.1) is 23.4 Å². The van der Waals surface area contributed by atoms with Crippen molar-refractivity contribution in [3.63, 3.8) is 0 Å². The smallest absolute Gasteiger partial charge is 0.404 e. The second-order valence-corrected chi connectivity index (χ2v) is 6.66. The molecule has 0 radical (unpaired) electrons. The molecule has 5 N–H and O–H groups in total. The fourth-order valence-corrected chi connectivity index (χ4v) is 3.72. The molecule has 0 saturated heterocycles. The highest BCUT2D eigenvalue weighted by Crippen LogP contribution is 2.43. The van der Waals surface area contributed by atoms with Crippen LogP contribution in [0.15, 0.2) is 23.2 Å². The van der Waals surface area contributed by atoms with Crippen molar-refractivity contribution in [2.75, 3.05) is 11.1 Å². The summed E-state index contributed by atoms with van der Waals surface area (Å²) in [6.07, 6.45) is -0.604. The number of ether oxygens (including phenoxy) is 1. The molecule has 2 heterocycles. The van der Waals surface area contributed by atoms with Gasteiger partial charge in [0.1, 0.15) is 5.66 Å². The fourth-order valence-electron chi connectivity index (χ4n) is 3.72. The fraction of sp³-hybridized carbons (Fsp3) is 0.353. The van der Waals surface area contributed by atoms with Crippen LogP contribution < -0.4 is 21.5 Å². The average Bonchev–Trinajstić information content (AvgIpc) is 3.09. The van der Waals surface area contributed by atoms with E-state index in [4.69, 9.17) is 11.5 Å². The Morgan fingerprint density at radius 1 is 1.31 bits per heavy atom. The molecular weight excluding hydrogens is 347 g/mol. The first-order valence-corrected chi connectivity index (χ1v) is 8.19. The van der Waals surface area contributed by atoms with Crippen molar-refractivity contribution in [1.29, 1.82) is 0 Å². The Kier molecular flexibility index (Phi) is 3.49. The van der Waals surface area contributed by atoms with Gasteiger partial charge in [-0.3, -0.25) is 0 Å². The van der Waals surface area contributed by atoms with Crippen LogP contribution >= 0.6 is 0 Å². The minimum absolute atomic E-state index is 0.0876. The summed E-state index contributed by atoms with van der Waals surface area (Å²) in [4.78, 5) is 4.29. The van der Waals surface area contributed by atoms with Gasteiger partial charge >= 0.3 is 6.36 Å². The summed E-state index contributed by atoms with van der Waals surface area (Å²) in [7, 11) is 0. The van der Waals surface area contributed by atoms with Crippen molar-refractivity contribution < 1.29 is 17.9 Å². The minimum Gasteiger partial charge on any atom is -0.404 e. The molecule has 0 amide bonds. The number of hydrogen-bond donors (Lipinski definition) is 3. The Bertz CT molecular complexity index is 914. The Labute approximate surface area is 147 Å². The molecule has 0 saturated carbocycles. The number of aromatic nitrogens is 1. The summed E-state index contributed by atoms with van der Waals surface area (Å²) >= 11 is 0. The maximum Gasteiger partial charge on any atom is 0.573 e. The van der Waals surface area contributed by atoms with Gasteiger partial charge in [0.15, 0.2) is 5.75 Å². The normalized spacial score (nSPS) is 21.3. The number of anilines is 2. The summed E-state index contributed by atoms with van der Waals surface area (Å²) in [5, 5.41) is 3.14. The number of rotatable bonds is 2. The lowest BCUT2D eigenvalue weighted by atomic mass is 10.0. The number of benzene rings is 1. The van der Waals surface area contributed by atoms with E-state index in [1.54, 1.807) is 19.3 Å². The van der Waals surface area contributed by atoms with E-state index >= 15 is 0 Å². The Balaban J connectivity index is 1.92. The molecule has 0 bridgehead atoms. The van der Waals surface area contributed by atoms with Gasteiger partial charge in [0.25, 0.3) is 0 Å². The monoisotopic (exact) mass is 365 g/mol. The number of hydrogen-bond acceptors (Lipinski definition) is 5. The number of aliphatic imine (C=N–C) groups is 1. The SMILES string of the molecule is CC1(N)N=CNc2c3c(n(-c4ccc(N)c(OC(F)(F)F)c4)c21)CCC3. The molecule has 1 aliphatic carbocycles. The molecule has 2 aromatic rings. The summed E-state index contributed by atoms with van der Waals surface area (Å²) in [6.45, 7) is 1.76. The number of nitrogens with zero attached hydrogens (tertiary/aromatic N) is 2. The predicted octanol–water partition coefficient (Wildman–Crippen LogP) is 3.03. The van der Waals surface area contributed by atoms with Gasteiger partial charge in [-0.2, -0.15) is 0 Å². The number of halogens is 3. The number of fused-ring (bicyclic) bond motifs is 3. The van der Waals surface area contributed by atoms with Crippen LogP contribution in [0, 0.1) is 0 Å². The first-order chi connectivity index (χ1) is 12.2. The standard InChI is InChI=1S/C17H18F3N5O/c1-16(22)15-14(23-8-24-16)10-3-2-4-12(10)25(15)9-5-6-11(21)13(7-9)26-17(18,19)20/h5-8H,2-4,21-22H2,1H3,(H,23,24). The quantitative estimate of drug-likeness (QED) is 0.714. The number of nitrogen functional groups attached to an aromatic ring is 1. The van der Waals surface area contributed by atoms with E-state index in [-0.39, 0.29) is 5.69 Å². The van der Waals surface area contributed by atoms with Crippen LogP contribution in [-0.4, -0.2) is 17.3 Å². The van der Waals surface area contributed by atoms with Crippen LogP contribution in [0.25, 0.3) is 5.69 Å². The molecule has 1 unspecified atom stereocenters. The van der Waals surface area contributed by atoms with Crippen molar-refractivity contribution in [1.82, 2.24) is 4.57 Å². The first kappa shape index (κ1) is 16.8. The number of alkyl halides is 3. The molecule has 0 fully saturated rings. The second-order valence-electron chi connectivity index (χ2n) is 6.66. The minimum atomic E-state index is -4.82. The third-order valence-electron chi connectivity index (χ3n) is 4.72. The lowest BCUT2D eigenvalue weighted by Crippen LogP contribution is -2.37. The van der Waals surface area contributed by atoms with Gasteiger partial charge in [-0.25, -0.2) is 4.99 Å². The van der Waals surface area contributed by atoms with Crippen LogP contribution in [0.2, 0.25) is 0 Å². The van der Waals surface area contributed by atoms with E-state index in [1.807, 2.05) is 4.57 Å². The van der Waals surface area contributed by atoms with E-state index in [1.165, 1.54) is 12.1 Å². The van der Waals surface area contributed by atoms with E-state index in [2.05, 4.69) is 15.0 Å². The van der Waals surface area contributed by atoms with Crippen LogP contribution in [0.4, 0.5) is 24.5 Å². The summed E-state index contributed by atoms with van der Waals surface area (Å²) < 4.78 is 44.0. The van der Waals surface area contributed by atoms with Crippen LogP contribution in [0.1, 0.15) is 30.3 Å². The Morgan fingerprint density at radius 2 is 2.08 bits per heavy atom. The Morgan fingerprint density at radius 3 is 2.81 bits per heavy atom. The highest BCUT2D eigenvalue weighted by Gasteiger charge is 2.37. The third kappa shape index (κ3) is 2.59. The molecule has 26 heavy (non-hydrogen) atoms. The highest BCUT2D eigenvalue weighted by atomic mass is 19.4. The van der Waals surface area contributed by atoms with Crippen molar-refractivity contribution in [3.8, 4) is 11.4 Å². The predicted molar refractivity (Wildman–Crippen MR) is 92.5 cm³/mol. The zero-order valence-electron chi connectivity index (χ0n) is 14.0. The molecule has 138 valence electrons. The molecule has 1 aliphatic heterocycles. The van der Waals surface area contributed by atoms with Crippen molar-refractivity contribution >= 4 is 17.7 Å². The van der Waals surface area contributed by atoms with E-state index in [0.29, 0.717) is 11.4 Å². The van der Waals surface area contributed by atoms with Crippen molar-refractivity contribution in [2.45, 2.75) is 38.2 Å². The summed E-state index contributed by atoms with van der Waals surface area (Å²) in [5.41, 5.74) is 15.2. The van der Waals surface area contributed by atoms with Gasteiger partial charge in [-0.15, -0.1) is 13.2 Å². The van der Waals surface area contributed by atoms with Crippen LogP contribution in [-0.2, 0) is 18.5 Å². The average molecular weight is 365 g/mol. The van der Waals surface area contributed by atoms with Gasteiger partial charge in [0.2, 0.25) is 0 Å². The summed E-state index contributed by atoms with van der Waals surface area (Å²) in [5.74, 6) is -0.435. The molecule has 1 aromatic heterocycles. The van der Waals surface area contributed by atoms with E-state index in [0.717, 1.165) is 36.2 Å². The van der Waals surface area contributed by atoms with Crippen molar-refractivity contribution in [3.05, 3.63) is 35.2 Å². The zero-order valence-corrected chi connectivity index (χ0v) is 14.0. The summed E-state index contributed by atoms with van der Waals surface area (Å²) in [6, 6.07) is 4.35. The largest absolute Gasteiger partial charge is 0.573 e. The lowest BCUT2D eigenvalue weighted by molar-refractivity contribution is -0.274. The van der Waals surface area contributed by atoms with Crippen LogP contribution in [0.3, 0.4) is 0 Å². The molecule has 1 aromatic carbocycles.